The van der Waals surface area contributed by atoms with E-state index in [0.717, 1.165) is 0 Å². The van der Waals surface area contributed by atoms with E-state index < -0.39 is 48.6 Å². The number of hydrogen-bond acceptors (Lipinski definition) is 17. The number of thiol groups is 3. The van der Waals surface area contributed by atoms with Crippen LogP contribution in [0.3, 0.4) is 0 Å². The van der Waals surface area contributed by atoms with Crippen LogP contribution in [0.5, 0.6) is 0 Å². The van der Waals surface area contributed by atoms with Crippen molar-refractivity contribution < 1.29 is 66.0 Å². The number of esters is 4. The van der Waals surface area contributed by atoms with E-state index in [1.807, 2.05) is 0 Å². The monoisotopic (exact) mass is 772 g/mol. The molecule has 0 saturated heterocycles. The molecule has 20 heteroatoms. The highest BCUT2D eigenvalue weighted by atomic mass is 32.2. The molecule has 0 aliphatic carbocycles. The van der Waals surface area contributed by atoms with Crippen molar-refractivity contribution in [1.82, 2.24) is 0 Å². The summed E-state index contributed by atoms with van der Waals surface area (Å²) >= 11 is 14.0. The Kier molecular flexibility index (Phi) is 24.2. The molecule has 0 saturated carbocycles. The van der Waals surface area contributed by atoms with Crippen molar-refractivity contribution in [1.29, 1.82) is 0 Å². The van der Waals surface area contributed by atoms with Crippen LogP contribution >= 0.6 is 69.5 Å². The number of phosphoric ester groups is 1. The Bertz CT molecular complexity index is 954. The summed E-state index contributed by atoms with van der Waals surface area (Å²) in [5.41, 5.74) is -2.52. The Balaban J connectivity index is 4.98. The summed E-state index contributed by atoms with van der Waals surface area (Å²) in [6.45, 7) is 3.22. The Morgan fingerprint density at radius 3 is 1.57 bits per heavy atom. The Morgan fingerprint density at radius 2 is 1.17 bits per heavy atom. The first-order valence-corrected chi connectivity index (χ1v) is 19.4. The van der Waals surface area contributed by atoms with E-state index in [2.05, 4.69) is 42.4 Å². The highest BCUT2D eigenvalue weighted by Crippen LogP contribution is 2.42. The zero-order valence-corrected chi connectivity index (χ0v) is 31.3. The van der Waals surface area contributed by atoms with Gasteiger partial charge in [0.25, 0.3) is 0 Å². The first kappa shape index (κ1) is 45.4. The van der Waals surface area contributed by atoms with Crippen molar-refractivity contribution in [2.75, 3.05) is 61.8 Å². The Labute approximate surface area is 294 Å². The molecule has 1 unspecified atom stereocenters. The predicted molar refractivity (Wildman–Crippen MR) is 183 cm³/mol. The van der Waals surface area contributed by atoms with Crippen LogP contribution in [0.15, 0.2) is 0 Å². The van der Waals surface area contributed by atoms with Crippen LogP contribution in [0.1, 0.15) is 52.9 Å². The average molecular weight is 773 g/mol. The third kappa shape index (κ3) is 23.7. The molecule has 0 aromatic carbocycles. The molecule has 0 aromatic heterocycles. The summed E-state index contributed by atoms with van der Waals surface area (Å²) in [6, 6.07) is 0. The number of carbonyl (C=O) groups is 5. The maximum atomic E-state index is 12.6. The minimum atomic E-state index is -4.66. The van der Waals surface area contributed by atoms with E-state index in [-0.39, 0.29) is 87.5 Å². The highest BCUT2D eigenvalue weighted by Gasteiger charge is 2.38. The predicted octanol–water partition coefficient (Wildman–Crippen LogP) is 3.33. The van der Waals surface area contributed by atoms with E-state index in [9.17, 15) is 28.5 Å². The van der Waals surface area contributed by atoms with Gasteiger partial charge in [-0.2, -0.15) is 49.6 Å². The Hall–Kier alpha value is -0.630. The molecule has 0 aliphatic heterocycles. The smallest absolute Gasteiger partial charge is 0.465 e. The summed E-state index contributed by atoms with van der Waals surface area (Å²) in [4.78, 5) is 79.0. The minimum absolute atomic E-state index is 0.00711. The maximum absolute atomic E-state index is 12.6. The summed E-state index contributed by atoms with van der Waals surface area (Å²) in [5.74, 6) is -1.41. The van der Waals surface area contributed by atoms with Crippen LogP contribution in [0.25, 0.3) is 0 Å². The van der Waals surface area contributed by atoms with Crippen LogP contribution in [0.4, 0.5) is 0 Å². The molecule has 0 radical (unpaired) electrons. The molecular weight excluding hydrogens is 728 g/mol. The molecule has 1 atom stereocenters. The van der Waals surface area contributed by atoms with Crippen molar-refractivity contribution in [2.24, 2.45) is 11.3 Å². The van der Waals surface area contributed by atoms with Crippen LogP contribution in [0.2, 0.25) is 0 Å². The Morgan fingerprint density at radius 1 is 0.761 bits per heavy atom. The lowest BCUT2D eigenvalue weighted by Crippen LogP contribution is -2.44. The van der Waals surface area contributed by atoms with Gasteiger partial charge < -0.3 is 32.9 Å². The van der Waals surface area contributed by atoms with Crippen molar-refractivity contribution in [3.63, 3.8) is 0 Å². The van der Waals surface area contributed by atoms with Gasteiger partial charge in [0, 0.05) is 41.1 Å². The molecule has 0 rings (SSSR count). The van der Waals surface area contributed by atoms with Crippen molar-refractivity contribution in [2.45, 2.75) is 58.5 Å². The van der Waals surface area contributed by atoms with Gasteiger partial charge in [-0.05, 0) is 13.8 Å². The fourth-order valence-corrected chi connectivity index (χ4v) is 5.97. The summed E-state index contributed by atoms with van der Waals surface area (Å²) in [5, 5.41) is -0.263. The minimum Gasteiger partial charge on any atom is -0.465 e. The lowest BCUT2D eigenvalue weighted by atomic mass is 9.92. The molecule has 0 aromatic rings. The van der Waals surface area contributed by atoms with Crippen molar-refractivity contribution in [3.8, 4) is 0 Å². The van der Waals surface area contributed by atoms with Gasteiger partial charge in [0.15, 0.2) is 0 Å². The molecule has 0 bridgehead atoms. The van der Waals surface area contributed by atoms with E-state index in [1.54, 1.807) is 6.92 Å². The molecule has 0 aliphatic rings. The maximum Gasteiger partial charge on any atom is 0.470 e. The van der Waals surface area contributed by atoms with Gasteiger partial charge in [0.05, 0.1) is 49.9 Å². The number of carbonyl (C=O) groups excluding carboxylic acids is 5. The van der Waals surface area contributed by atoms with Gasteiger partial charge in [-0.25, -0.2) is 4.57 Å². The number of phosphoric acid groups is 1. The lowest BCUT2D eigenvalue weighted by molar-refractivity contribution is -0.170. The highest BCUT2D eigenvalue weighted by molar-refractivity contribution is 8.09. The molecule has 0 fully saturated rings. The van der Waals surface area contributed by atoms with Crippen molar-refractivity contribution >= 4 is 98.5 Å². The van der Waals surface area contributed by atoms with E-state index in [4.69, 9.17) is 32.9 Å². The second-order valence-corrected chi connectivity index (χ2v) is 15.1. The number of rotatable bonds is 26. The topological polar surface area (TPSA) is 198 Å². The summed E-state index contributed by atoms with van der Waals surface area (Å²) in [7, 11) is -4.66. The summed E-state index contributed by atoms with van der Waals surface area (Å²) in [6.07, 6.45) is 0.130. The van der Waals surface area contributed by atoms with Crippen LogP contribution in [-0.2, 0) is 56.2 Å². The zero-order chi connectivity index (χ0) is 35.2. The second-order valence-electron chi connectivity index (χ2n) is 10.6. The third-order valence-electron chi connectivity index (χ3n) is 5.62. The fraction of sp³-hybridized carbons (Fsp3) is 0.808. The molecule has 0 spiro atoms. The average Bonchev–Trinajstić information content (AvgIpc) is 2.95. The standard InChI is InChI=1S/C26H45O14PS5/c1-19(24(31)46-39-9-8-25(2,3)40-41(32,33)34)14-45-13-7-23(30)38-18-26(15-35-20(27)4-10-42,16-36-21(28)5-11-43)17-37-22(29)6-12-44/h19,42-44H,4-18H2,1-3H3,(H2,32,33,34). The molecular formula is C26H45O14PS5. The molecule has 268 valence electrons. The van der Waals surface area contributed by atoms with Gasteiger partial charge in [-0.15, -0.1) is 0 Å². The molecule has 0 heterocycles. The van der Waals surface area contributed by atoms with Crippen LogP contribution < -0.4 is 0 Å². The molecule has 2 N–H and O–H groups in total. The molecule has 0 amide bonds. The van der Waals surface area contributed by atoms with Gasteiger partial charge in [-0.1, -0.05) is 6.92 Å². The number of ether oxygens (including phenoxy) is 4. The lowest BCUT2D eigenvalue weighted by Gasteiger charge is -2.31. The van der Waals surface area contributed by atoms with Gasteiger partial charge in [0.2, 0.25) is 5.12 Å². The van der Waals surface area contributed by atoms with Crippen LogP contribution in [0, 0.1) is 11.3 Å². The largest absolute Gasteiger partial charge is 0.470 e. The second kappa shape index (κ2) is 24.5. The SMILES string of the molecule is CC(CSCCC(=O)OCC(COC(=O)CCS)(COC(=O)CCS)COC(=O)CCS)C(=O)SOCCC(C)(C)OP(=O)(O)O. The van der Waals surface area contributed by atoms with E-state index in [1.165, 1.54) is 25.6 Å². The normalized spacial score (nSPS) is 12.7. The fourth-order valence-electron chi connectivity index (χ4n) is 3.07. The van der Waals surface area contributed by atoms with E-state index in [0.29, 0.717) is 23.5 Å². The summed E-state index contributed by atoms with van der Waals surface area (Å²) < 4.78 is 42.3. The first-order chi connectivity index (χ1) is 21.5. The van der Waals surface area contributed by atoms with Gasteiger partial charge >= 0.3 is 31.7 Å². The van der Waals surface area contributed by atoms with Crippen LogP contribution in [-0.4, -0.2) is 106 Å². The number of thioether (sulfide) groups is 1. The third-order valence-corrected chi connectivity index (χ3v) is 9.10. The quantitative estimate of drug-likeness (QED) is 0.0214. The zero-order valence-electron chi connectivity index (χ0n) is 26.1. The van der Waals surface area contributed by atoms with Gasteiger partial charge in [-0.3, -0.25) is 28.5 Å². The molecule has 14 nitrogen and oxygen atoms in total. The van der Waals surface area contributed by atoms with Crippen molar-refractivity contribution in [3.05, 3.63) is 0 Å². The first-order valence-electron chi connectivity index (χ1n) is 14.1. The van der Waals surface area contributed by atoms with Gasteiger partial charge in [0.1, 0.15) is 31.8 Å². The molecule has 46 heavy (non-hydrogen) atoms. The van der Waals surface area contributed by atoms with E-state index >= 15 is 0 Å². The number of hydrogen-bond donors (Lipinski definition) is 5.